The second-order valence-electron chi connectivity index (χ2n) is 4.77. The Kier molecular flexibility index (Phi) is 6.92. The number of methoxy groups -OCH3 is 1. The minimum absolute atomic E-state index is 0. The lowest BCUT2D eigenvalue weighted by atomic mass is 10.1. The molecule has 0 aliphatic carbocycles. The van der Waals surface area contributed by atoms with E-state index in [-0.39, 0.29) is 30.5 Å². The summed E-state index contributed by atoms with van der Waals surface area (Å²) < 4.78 is 10.7. The molecule has 0 aromatic heterocycles. The van der Waals surface area contributed by atoms with Crippen molar-refractivity contribution in [3.8, 4) is 0 Å². The molecular weight excluding hydrogens is 256 g/mol. The van der Waals surface area contributed by atoms with Crippen LogP contribution in [0.3, 0.4) is 0 Å². The van der Waals surface area contributed by atoms with Crippen molar-refractivity contribution in [3.05, 3.63) is 0 Å². The number of ether oxygens (including phenoxy) is 2. The van der Waals surface area contributed by atoms with Crippen LogP contribution in [0.5, 0.6) is 0 Å². The molecule has 0 aromatic rings. The SMILES string of the molecule is COC1CCCN(C(=O)CC2COCCN2)C1.Cl. The van der Waals surface area contributed by atoms with Gasteiger partial charge in [0.15, 0.2) is 0 Å². The van der Waals surface area contributed by atoms with Gasteiger partial charge in [-0.25, -0.2) is 0 Å². The summed E-state index contributed by atoms with van der Waals surface area (Å²) >= 11 is 0. The van der Waals surface area contributed by atoms with Gasteiger partial charge in [0.05, 0.1) is 19.3 Å². The Balaban J connectivity index is 0.00000162. The molecule has 2 aliphatic rings. The van der Waals surface area contributed by atoms with Gasteiger partial charge in [0.25, 0.3) is 0 Å². The number of nitrogens with one attached hydrogen (secondary N) is 1. The molecule has 2 fully saturated rings. The van der Waals surface area contributed by atoms with Crippen molar-refractivity contribution in [2.45, 2.75) is 31.4 Å². The van der Waals surface area contributed by atoms with Crippen LogP contribution in [0.15, 0.2) is 0 Å². The van der Waals surface area contributed by atoms with Crippen LogP contribution in [0.4, 0.5) is 0 Å². The Morgan fingerprint density at radius 2 is 2.39 bits per heavy atom. The summed E-state index contributed by atoms with van der Waals surface area (Å²) in [5.74, 6) is 0.217. The van der Waals surface area contributed by atoms with E-state index in [2.05, 4.69) is 5.32 Å². The maximum absolute atomic E-state index is 12.1. The number of halogens is 1. The Morgan fingerprint density at radius 3 is 3.06 bits per heavy atom. The molecule has 0 radical (unpaired) electrons. The van der Waals surface area contributed by atoms with E-state index in [4.69, 9.17) is 9.47 Å². The Labute approximate surface area is 115 Å². The maximum atomic E-state index is 12.1. The first-order chi connectivity index (χ1) is 8.29. The molecule has 0 saturated carbocycles. The predicted molar refractivity (Wildman–Crippen MR) is 71.1 cm³/mol. The summed E-state index contributed by atoms with van der Waals surface area (Å²) in [5.41, 5.74) is 0. The van der Waals surface area contributed by atoms with E-state index in [0.717, 1.165) is 39.1 Å². The Hall–Kier alpha value is -0.360. The van der Waals surface area contributed by atoms with Crippen LogP contribution in [-0.4, -0.2) is 62.9 Å². The van der Waals surface area contributed by atoms with E-state index in [1.54, 1.807) is 7.11 Å². The lowest BCUT2D eigenvalue weighted by Gasteiger charge is -2.33. The van der Waals surface area contributed by atoms with Crippen molar-refractivity contribution in [2.75, 3.05) is 40.0 Å². The van der Waals surface area contributed by atoms with Gasteiger partial charge in [-0.05, 0) is 12.8 Å². The Morgan fingerprint density at radius 1 is 1.56 bits per heavy atom. The predicted octanol–water partition coefficient (Wildman–Crippen LogP) is 0.424. The quantitative estimate of drug-likeness (QED) is 0.813. The Bertz CT molecular complexity index is 260. The van der Waals surface area contributed by atoms with E-state index in [0.29, 0.717) is 13.0 Å². The van der Waals surface area contributed by atoms with E-state index >= 15 is 0 Å². The van der Waals surface area contributed by atoms with Crippen molar-refractivity contribution < 1.29 is 14.3 Å². The van der Waals surface area contributed by atoms with Crippen LogP contribution in [0.25, 0.3) is 0 Å². The molecule has 0 bridgehead atoms. The van der Waals surface area contributed by atoms with Crippen molar-refractivity contribution in [1.29, 1.82) is 0 Å². The fourth-order valence-electron chi connectivity index (χ4n) is 2.45. The first kappa shape index (κ1) is 15.7. The minimum atomic E-state index is 0. The molecule has 2 atom stereocenters. The first-order valence-corrected chi connectivity index (χ1v) is 6.41. The molecule has 6 heteroatoms. The number of hydrogen-bond acceptors (Lipinski definition) is 4. The molecule has 18 heavy (non-hydrogen) atoms. The van der Waals surface area contributed by atoms with Gasteiger partial charge in [0.2, 0.25) is 5.91 Å². The summed E-state index contributed by atoms with van der Waals surface area (Å²) in [4.78, 5) is 14.0. The molecule has 2 aliphatic heterocycles. The number of hydrogen-bond donors (Lipinski definition) is 1. The van der Waals surface area contributed by atoms with E-state index < -0.39 is 0 Å². The molecule has 2 unspecified atom stereocenters. The van der Waals surface area contributed by atoms with Gasteiger partial charge in [-0.3, -0.25) is 4.79 Å². The second-order valence-corrected chi connectivity index (χ2v) is 4.77. The molecule has 5 nitrogen and oxygen atoms in total. The highest BCUT2D eigenvalue weighted by atomic mass is 35.5. The molecule has 0 aromatic carbocycles. The monoisotopic (exact) mass is 278 g/mol. The van der Waals surface area contributed by atoms with Gasteiger partial charge in [-0.1, -0.05) is 0 Å². The van der Waals surface area contributed by atoms with Gasteiger partial charge >= 0.3 is 0 Å². The third kappa shape index (κ3) is 4.39. The van der Waals surface area contributed by atoms with Gasteiger partial charge in [0, 0.05) is 39.2 Å². The fourth-order valence-corrected chi connectivity index (χ4v) is 2.45. The van der Waals surface area contributed by atoms with Crippen LogP contribution in [0.1, 0.15) is 19.3 Å². The number of morpholine rings is 1. The molecule has 2 rings (SSSR count). The largest absolute Gasteiger partial charge is 0.380 e. The number of piperidine rings is 1. The summed E-state index contributed by atoms with van der Waals surface area (Å²) in [5, 5.41) is 3.31. The van der Waals surface area contributed by atoms with Gasteiger partial charge in [0.1, 0.15) is 0 Å². The van der Waals surface area contributed by atoms with Crippen LogP contribution < -0.4 is 5.32 Å². The zero-order valence-electron chi connectivity index (χ0n) is 10.9. The van der Waals surface area contributed by atoms with E-state index in [1.807, 2.05) is 4.90 Å². The molecule has 2 saturated heterocycles. The normalized spacial score (nSPS) is 28.6. The van der Waals surface area contributed by atoms with Crippen molar-refractivity contribution >= 4 is 18.3 Å². The second kappa shape index (κ2) is 7.94. The third-order valence-corrected chi connectivity index (χ3v) is 3.48. The van der Waals surface area contributed by atoms with Crippen LogP contribution in [0.2, 0.25) is 0 Å². The smallest absolute Gasteiger partial charge is 0.224 e. The topological polar surface area (TPSA) is 50.8 Å². The highest BCUT2D eigenvalue weighted by molar-refractivity contribution is 5.85. The van der Waals surface area contributed by atoms with Crippen molar-refractivity contribution in [1.82, 2.24) is 10.2 Å². The standard InChI is InChI=1S/C12H22N2O3.ClH/c1-16-11-3-2-5-14(8-11)12(15)7-10-9-17-6-4-13-10;/h10-11,13H,2-9H2,1H3;1H. The van der Waals surface area contributed by atoms with Gasteiger partial charge in [-0.15, -0.1) is 12.4 Å². The average molecular weight is 279 g/mol. The zero-order valence-corrected chi connectivity index (χ0v) is 11.7. The summed E-state index contributed by atoms with van der Waals surface area (Å²) in [6.45, 7) is 3.85. The maximum Gasteiger partial charge on any atom is 0.224 e. The molecule has 1 N–H and O–H groups in total. The molecular formula is C12H23ClN2O3. The number of likely N-dealkylation sites (tertiary alicyclic amines) is 1. The van der Waals surface area contributed by atoms with E-state index in [1.165, 1.54) is 0 Å². The summed E-state index contributed by atoms with van der Waals surface area (Å²) in [6.07, 6.45) is 2.85. The zero-order chi connectivity index (χ0) is 12.1. The van der Waals surface area contributed by atoms with E-state index in [9.17, 15) is 4.79 Å². The van der Waals surface area contributed by atoms with Gasteiger partial charge < -0.3 is 19.7 Å². The number of amides is 1. The van der Waals surface area contributed by atoms with Crippen LogP contribution in [0, 0.1) is 0 Å². The molecule has 1 amide bonds. The first-order valence-electron chi connectivity index (χ1n) is 6.41. The summed E-state index contributed by atoms with van der Waals surface area (Å²) in [7, 11) is 1.72. The lowest BCUT2D eigenvalue weighted by molar-refractivity contribution is -0.136. The van der Waals surface area contributed by atoms with Crippen molar-refractivity contribution in [2.24, 2.45) is 0 Å². The fraction of sp³-hybridized carbons (Fsp3) is 0.917. The number of carbonyl (C=O) groups is 1. The highest BCUT2D eigenvalue weighted by Gasteiger charge is 2.25. The number of rotatable bonds is 3. The lowest BCUT2D eigenvalue weighted by Crippen LogP contribution is -2.48. The van der Waals surface area contributed by atoms with Crippen LogP contribution in [-0.2, 0) is 14.3 Å². The van der Waals surface area contributed by atoms with Crippen LogP contribution >= 0.6 is 12.4 Å². The number of nitrogens with zero attached hydrogens (tertiary/aromatic N) is 1. The third-order valence-electron chi connectivity index (χ3n) is 3.48. The average Bonchev–Trinajstić information content (AvgIpc) is 2.40. The molecule has 2 heterocycles. The van der Waals surface area contributed by atoms with Crippen molar-refractivity contribution in [3.63, 3.8) is 0 Å². The van der Waals surface area contributed by atoms with Gasteiger partial charge in [-0.2, -0.15) is 0 Å². The highest BCUT2D eigenvalue weighted by Crippen LogP contribution is 2.14. The molecule has 106 valence electrons. The molecule has 0 spiro atoms. The number of carbonyl (C=O) groups excluding carboxylic acids is 1. The minimum Gasteiger partial charge on any atom is -0.380 e. The summed E-state index contributed by atoms with van der Waals surface area (Å²) in [6, 6.07) is 0.180.